The number of carbonyl (C=O) groups is 1. The third-order valence-corrected chi connectivity index (χ3v) is 3.17. The molecule has 0 spiro atoms. The normalized spacial score (nSPS) is 16.1. The van der Waals surface area contributed by atoms with Crippen LogP contribution in [-0.2, 0) is 14.9 Å². The lowest BCUT2D eigenvalue weighted by Gasteiger charge is -2.32. The SMILES string of the molecule is COC(=O)CC(C)(c1nccnc1C)C(C)N. The maximum absolute atomic E-state index is 11.5. The zero-order valence-electron chi connectivity index (χ0n) is 10.7. The highest BCUT2D eigenvalue weighted by Crippen LogP contribution is 2.30. The summed E-state index contributed by atoms with van der Waals surface area (Å²) in [5, 5.41) is 0. The van der Waals surface area contributed by atoms with E-state index in [-0.39, 0.29) is 18.4 Å². The molecule has 2 atom stereocenters. The summed E-state index contributed by atoms with van der Waals surface area (Å²) in [5.41, 5.74) is 6.97. The summed E-state index contributed by atoms with van der Waals surface area (Å²) in [6, 6.07) is -0.225. The molecule has 2 unspecified atom stereocenters. The Balaban J connectivity index is 3.16. The Hall–Kier alpha value is -1.49. The molecule has 0 saturated carbocycles. The quantitative estimate of drug-likeness (QED) is 0.789. The molecule has 1 heterocycles. The maximum Gasteiger partial charge on any atom is 0.306 e. The monoisotopic (exact) mass is 237 g/mol. The Kier molecular flexibility index (Phi) is 4.17. The Morgan fingerprint density at radius 2 is 2.12 bits per heavy atom. The van der Waals surface area contributed by atoms with Crippen LogP contribution in [0.3, 0.4) is 0 Å². The number of hydrogen-bond donors (Lipinski definition) is 1. The van der Waals surface area contributed by atoms with Gasteiger partial charge in [-0.25, -0.2) is 0 Å². The molecular formula is C12H19N3O2. The highest BCUT2D eigenvalue weighted by atomic mass is 16.5. The summed E-state index contributed by atoms with van der Waals surface area (Å²) in [4.78, 5) is 20.0. The van der Waals surface area contributed by atoms with Gasteiger partial charge < -0.3 is 10.5 Å². The van der Waals surface area contributed by atoms with Gasteiger partial charge in [-0.3, -0.25) is 14.8 Å². The zero-order valence-corrected chi connectivity index (χ0v) is 10.7. The van der Waals surface area contributed by atoms with Gasteiger partial charge in [0.05, 0.1) is 24.9 Å². The summed E-state index contributed by atoms with van der Waals surface area (Å²) >= 11 is 0. The minimum absolute atomic E-state index is 0.195. The molecule has 0 amide bonds. The number of ether oxygens (including phenoxy) is 1. The number of aryl methyl sites for hydroxylation is 1. The Bertz CT molecular complexity index is 406. The Labute approximate surface area is 101 Å². The molecule has 1 rings (SSSR count). The molecule has 1 aromatic rings. The van der Waals surface area contributed by atoms with Crippen molar-refractivity contribution in [2.75, 3.05) is 7.11 Å². The molecule has 0 aliphatic rings. The molecule has 5 nitrogen and oxygen atoms in total. The van der Waals surface area contributed by atoms with E-state index < -0.39 is 5.41 Å². The molecule has 2 N–H and O–H groups in total. The number of hydrogen-bond acceptors (Lipinski definition) is 5. The highest BCUT2D eigenvalue weighted by molar-refractivity contribution is 5.71. The smallest absolute Gasteiger partial charge is 0.306 e. The molecule has 0 radical (unpaired) electrons. The molecule has 0 fully saturated rings. The second kappa shape index (κ2) is 5.23. The van der Waals surface area contributed by atoms with E-state index in [1.165, 1.54) is 7.11 Å². The lowest BCUT2D eigenvalue weighted by atomic mass is 9.76. The lowest BCUT2D eigenvalue weighted by molar-refractivity contribution is -0.142. The van der Waals surface area contributed by atoms with Crippen LogP contribution in [0, 0.1) is 6.92 Å². The number of nitrogens with two attached hydrogens (primary N) is 1. The summed E-state index contributed by atoms with van der Waals surface area (Å²) in [5.74, 6) is -0.296. The van der Waals surface area contributed by atoms with Crippen LogP contribution in [0.5, 0.6) is 0 Å². The maximum atomic E-state index is 11.5. The minimum Gasteiger partial charge on any atom is -0.469 e. The molecule has 0 bridgehead atoms. The van der Waals surface area contributed by atoms with Crippen molar-refractivity contribution in [1.82, 2.24) is 9.97 Å². The van der Waals surface area contributed by atoms with Gasteiger partial charge in [-0.05, 0) is 13.8 Å². The van der Waals surface area contributed by atoms with E-state index in [9.17, 15) is 4.79 Å². The average Bonchev–Trinajstić information content (AvgIpc) is 2.28. The largest absolute Gasteiger partial charge is 0.469 e. The van der Waals surface area contributed by atoms with Crippen molar-refractivity contribution in [2.45, 2.75) is 38.6 Å². The fraction of sp³-hybridized carbons (Fsp3) is 0.583. The lowest BCUT2D eigenvalue weighted by Crippen LogP contribution is -2.44. The topological polar surface area (TPSA) is 78.1 Å². The fourth-order valence-corrected chi connectivity index (χ4v) is 1.80. The van der Waals surface area contributed by atoms with Crippen LogP contribution < -0.4 is 5.73 Å². The first kappa shape index (κ1) is 13.6. The molecule has 94 valence electrons. The van der Waals surface area contributed by atoms with Gasteiger partial charge in [0.1, 0.15) is 0 Å². The van der Waals surface area contributed by atoms with E-state index in [4.69, 9.17) is 10.5 Å². The zero-order chi connectivity index (χ0) is 13.1. The van der Waals surface area contributed by atoms with Gasteiger partial charge in [-0.15, -0.1) is 0 Å². The van der Waals surface area contributed by atoms with Crippen LogP contribution in [0.15, 0.2) is 12.4 Å². The van der Waals surface area contributed by atoms with Gasteiger partial charge in [0.2, 0.25) is 0 Å². The molecule has 0 aliphatic carbocycles. The fourth-order valence-electron chi connectivity index (χ4n) is 1.80. The number of aromatic nitrogens is 2. The van der Waals surface area contributed by atoms with Crippen molar-refractivity contribution in [1.29, 1.82) is 0 Å². The number of carbonyl (C=O) groups excluding carboxylic acids is 1. The number of esters is 1. The van der Waals surface area contributed by atoms with Gasteiger partial charge in [-0.2, -0.15) is 0 Å². The van der Waals surface area contributed by atoms with Gasteiger partial charge >= 0.3 is 5.97 Å². The van der Waals surface area contributed by atoms with Gasteiger partial charge in [0.15, 0.2) is 0 Å². The Morgan fingerprint density at radius 1 is 1.53 bits per heavy atom. The molecule has 1 aromatic heterocycles. The van der Waals surface area contributed by atoms with Crippen molar-refractivity contribution in [3.05, 3.63) is 23.8 Å². The van der Waals surface area contributed by atoms with Crippen molar-refractivity contribution in [3.63, 3.8) is 0 Å². The number of methoxy groups -OCH3 is 1. The molecule has 0 aliphatic heterocycles. The highest BCUT2D eigenvalue weighted by Gasteiger charge is 2.37. The van der Waals surface area contributed by atoms with Crippen molar-refractivity contribution >= 4 is 5.97 Å². The minimum atomic E-state index is -0.564. The van der Waals surface area contributed by atoms with Crippen LogP contribution in [0.2, 0.25) is 0 Å². The summed E-state index contributed by atoms with van der Waals surface area (Å²) in [6.45, 7) is 5.63. The van der Waals surface area contributed by atoms with E-state index in [1.807, 2.05) is 20.8 Å². The van der Waals surface area contributed by atoms with E-state index in [1.54, 1.807) is 12.4 Å². The summed E-state index contributed by atoms with van der Waals surface area (Å²) in [6.07, 6.45) is 3.43. The summed E-state index contributed by atoms with van der Waals surface area (Å²) in [7, 11) is 1.37. The van der Waals surface area contributed by atoms with E-state index >= 15 is 0 Å². The molecule has 0 aromatic carbocycles. The molecular weight excluding hydrogens is 218 g/mol. The van der Waals surface area contributed by atoms with E-state index in [0.29, 0.717) is 0 Å². The first-order valence-electron chi connectivity index (χ1n) is 5.52. The van der Waals surface area contributed by atoms with Gasteiger partial charge in [-0.1, -0.05) is 6.92 Å². The van der Waals surface area contributed by atoms with E-state index in [0.717, 1.165) is 11.4 Å². The summed E-state index contributed by atoms with van der Waals surface area (Å²) < 4.78 is 4.71. The van der Waals surface area contributed by atoms with Crippen molar-refractivity contribution < 1.29 is 9.53 Å². The third-order valence-electron chi connectivity index (χ3n) is 3.17. The van der Waals surface area contributed by atoms with E-state index in [2.05, 4.69) is 9.97 Å². The van der Waals surface area contributed by atoms with Crippen LogP contribution in [-0.4, -0.2) is 29.1 Å². The third kappa shape index (κ3) is 2.79. The second-order valence-corrected chi connectivity index (χ2v) is 4.45. The first-order valence-corrected chi connectivity index (χ1v) is 5.52. The number of rotatable bonds is 4. The Morgan fingerprint density at radius 3 is 2.59 bits per heavy atom. The predicted octanol–water partition coefficient (Wildman–Crippen LogP) is 0.953. The number of nitrogens with zero attached hydrogens (tertiary/aromatic N) is 2. The second-order valence-electron chi connectivity index (χ2n) is 4.45. The first-order chi connectivity index (χ1) is 7.91. The van der Waals surface area contributed by atoms with Crippen molar-refractivity contribution in [3.8, 4) is 0 Å². The van der Waals surface area contributed by atoms with Gasteiger partial charge in [0.25, 0.3) is 0 Å². The van der Waals surface area contributed by atoms with Gasteiger partial charge in [0, 0.05) is 23.9 Å². The molecule has 17 heavy (non-hydrogen) atoms. The standard InChI is InChI=1S/C12H19N3O2/c1-8-11(15-6-5-14-8)12(3,9(2)13)7-10(16)17-4/h5-6,9H,7,13H2,1-4H3. The molecule has 0 saturated heterocycles. The predicted molar refractivity (Wildman–Crippen MR) is 64.4 cm³/mol. The average molecular weight is 237 g/mol. The van der Waals surface area contributed by atoms with Crippen LogP contribution in [0.4, 0.5) is 0 Å². The van der Waals surface area contributed by atoms with Crippen molar-refractivity contribution in [2.24, 2.45) is 5.73 Å². The molecule has 5 heteroatoms. The van der Waals surface area contributed by atoms with Crippen LogP contribution in [0.25, 0.3) is 0 Å². The van der Waals surface area contributed by atoms with Crippen LogP contribution in [0.1, 0.15) is 31.7 Å². The van der Waals surface area contributed by atoms with Crippen LogP contribution >= 0.6 is 0 Å².